The van der Waals surface area contributed by atoms with Crippen LogP contribution in [-0.2, 0) is 4.79 Å². The number of benzene rings is 2. The van der Waals surface area contributed by atoms with Gasteiger partial charge in [-0.3, -0.25) is 4.79 Å². The Bertz CT molecular complexity index is 1000. The third-order valence-corrected chi connectivity index (χ3v) is 4.19. The minimum Gasteiger partial charge on any atom is -0.320 e. The first-order chi connectivity index (χ1) is 12.4. The van der Waals surface area contributed by atoms with E-state index in [2.05, 4.69) is 20.8 Å². The molecule has 1 heterocycles. The smallest absolute Gasteiger partial charge is 0.248 e. The van der Waals surface area contributed by atoms with E-state index < -0.39 is 11.7 Å². The summed E-state index contributed by atoms with van der Waals surface area (Å²) < 4.78 is 15.4. The van der Waals surface area contributed by atoms with Crippen molar-refractivity contribution in [2.75, 3.05) is 5.32 Å². The molecule has 0 spiro atoms. The molecule has 0 atom stereocenters. The number of nitrogens with one attached hydrogen (secondary N) is 1. The Labute approximate surface area is 158 Å². The van der Waals surface area contributed by atoms with Crippen LogP contribution in [0.15, 0.2) is 42.5 Å². The van der Waals surface area contributed by atoms with E-state index in [0.717, 1.165) is 0 Å². The molecular weight excluding hydrogens is 380 g/mol. The monoisotopic (exact) mass is 391 g/mol. The lowest BCUT2D eigenvalue weighted by Gasteiger charge is -2.07. The number of halogens is 3. The van der Waals surface area contributed by atoms with Gasteiger partial charge in [0, 0.05) is 6.08 Å². The fourth-order valence-electron chi connectivity index (χ4n) is 2.17. The van der Waals surface area contributed by atoms with Gasteiger partial charge >= 0.3 is 0 Å². The van der Waals surface area contributed by atoms with E-state index in [0.29, 0.717) is 27.1 Å². The van der Waals surface area contributed by atoms with E-state index in [-0.39, 0.29) is 5.69 Å². The van der Waals surface area contributed by atoms with Crippen LogP contribution >= 0.6 is 23.2 Å². The maximum Gasteiger partial charge on any atom is 0.248 e. The maximum absolute atomic E-state index is 14.0. The van der Waals surface area contributed by atoms with Gasteiger partial charge in [-0.05, 0) is 59.3 Å². The first-order valence-electron chi connectivity index (χ1n) is 7.43. The zero-order valence-electron chi connectivity index (χ0n) is 13.4. The van der Waals surface area contributed by atoms with E-state index in [1.165, 1.54) is 29.0 Å². The topological polar surface area (TPSA) is 72.7 Å². The summed E-state index contributed by atoms with van der Waals surface area (Å²) >= 11 is 11.8. The standard InChI is InChI=1S/C17H12Cl2FN5O/c1-10-22-23-24-25(10)12-4-6-15(20)16(9-12)21-17(26)7-3-11-2-5-13(18)14(19)8-11/h2-9H,1H3,(H,21,26)/b7-3+. The molecule has 132 valence electrons. The van der Waals surface area contributed by atoms with Crippen LogP contribution < -0.4 is 5.32 Å². The predicted octanol–water partition coefficient (Wildman–Crippen LogP) is 4.07. The van der Waals surface area contributed by atoms with Crippen LogP contribution in [0.5, 0.6) is 0 Å². The lowest BCUT2D eigenvalue weighted by molar-refractivity contribution is -0.111. The number of carbonyl (C=O) groups excluding carboxylic acids is 1. The summed E-state index contributed by atoms with van der Waals surface area (Å²) in [5.41, 5.74) is 1.23. The van der Waals surface area contributed by atoms with Crippen LogP contribution in [-0.4, -0.2) is 26.1 Å². The lowest BCUT2D eigenvalue weighted by Crippen LogP contribution is -2.10. The molecule has 9 heteroatoms. The van der Waals surface area contributed by atoms with Crippen molar-refractivity contribution in [3.8, 4) is 5.69 Å². The molecule has 0 radical (unpaired) electrons. The molecule has 1 aromatic heterocycles. The van der Waals surface area contributed by atoms with Crippen LogP contribution in [0.25, 0.3) is 11.8 Å². The van der Waals surface area contributed by atoms with Crippen molar-refractivity contribution in [2.24, 2.45) is 0 Å². The number of hydrogen-bond donors (Lipinski definition) is 1. The minimum absolute atomic E-state index is 0.0150. The van der Waals surface area contributed by atoms with Gasteiger partial charge in [-0.25, -0.2) is 4.39 Å². The Balaban J connectivity index is 1.77. The molecular formula is C17H12Cl2FN5O. The maximum atomic E-state index is 14.0. The Kier molecular flexibility index (Phi) is 5.29. The molecule has 0 fully saturated rings. The zero-order chi connectivity index (χ0) is 18.7. The van der Waals surface area contributed by atoms with Gasteiger partial charge in [0.05, 0.1) is 21.4 Å². The number of amides is 1. The third-order valence-electron chi connectivity index (χ3n) is 3.45. The molecule has 0 bridgehead atoms. The van der Waals surface area contributed by atoms with Gasteiger partial charge in [-0.1, -0.05) is 29.3 Å². The highest BCUT2D eigenvalue weighted by atomic mass is 35.5. The molecule has 3 aromatic rings. The molecule has 1 N–H and O–H groups in total. The van der Waals surface area contributed by atoms with Gasteiger partial charge in [0.25, 0.3) is 0 Å². The molecule has 0 aliphatic rings. The van der Waals surface area contributed by atoms with Gasteiger partial charge in [0.15, 0.2) is 5.82 Å². The highest BCUT2D eigenvalue weighted by Crippen LogP contribution is 2.23. The molecule has 26 heavy (non-hydrogen) atoms. The van der Waals surface area contributed by atoms with E-state index in [4.69, 9.17) is 23.2 Å². The van der Waals surface area contributed by atoms with Crippen LogP contribution in [0, 0.1) is 12.7 Å². The number of hydrogen-bond acceptors (Lipinski definition) is 4. The second-order valence-electron chi connectivity index (χ2n) is 5.30. The quantitative estimate of drug-likeness (QED) is 0.680. The van der Waals surface area contributed by atoms with Gasteiger partial charge in [0.2, 0.25) is 5.91 Å². The van der Waals surface area contributed by atoms with Crippen molar-refractivity contribution >= 4 is 40.9 Å². The van der Waals surface area contributed by atoms with Crippen LogP contribution in [0.1, 0.15) is 11.4 Å². The Morgan fingerprint density at radius 1 is 1.19 bits per heavy atom. The number of carbonyl (C=O) groups is 1. The van der Waals surface area contributed by atoms with E-state index in [1.54, 1.807) is 31.2 Å². The summed E-state index contributed by atoms with van der Waals surface area (Å²) in [6.45, 7) is 1.71. The van der Waals surface area contributed by atoms with Crippen molar-refractivity contribution in [3.63, 3.8) is 0 Å². The third kappa shape index (κ3) is 4.07. The second kappa shape index (κ2) is 7.63. The highest BCUT2D eigenvalue weighted by molar-refractivity contribution is 6.42. The summed E-state index contributed by atoms with van der Waals surface area (Å²) in [7, 11) is 0. The highest BCUT2D eigenvalue weighted by Gasteiger charge is 2.10. The predicted molar refractivity (Wildman–Crippen MR) is 98.0 cm³/mol. The van der Waals surface area contributed by atoms with Gasteiger partial charge < -0.3 is 5.32 Å². The van der Waals surface area contributed by atoms with Crippen molar-refractivity contribution in [2.45, 2.75) is 6.92 Å². The Morgan fingerprint density at radius 2 is 2.00 bits per heavy atom. The van der Waals surface area contributed by atoms with E-state index in [1.807, 2.05) is 0 Å². The molecule has 1 amide bonds. The number of rotatable bonds is 4. The average molecular weight is 392 g/mol. The van der Waals surface area contributed by atoms with Crippen molar-refractivity contribution < 1.29 is 9.18 Å². The van der Waals surface area contributed by atoms with Crippen molar-refractivity contribution in [3.05, 3.63) is 69.7 Å². The lowest BCUT2D eigenvalue weighted by atomic mass is 10.2. The molecule has 6 nitrogen and oxygen atoms in total. The van der Waals surface area contributed by atoms with Gasteiger partial charge in [0.1, 0.15) is 5.82 Å². The molecule has 0 saturated heterocycles. The Morgan fingerprint density at radius 3 is 2.69 bits per heavy atom. The minimum atomic E-state index is -0.573. The van der Waals surface area contributed by atoms with Crippen LogP contribution in [0.4, 0.5) is 10.1 Å². The number of aromatic nitrogens is 4. The first kappa shape index (κ1) is 18.0. The van der Waals surface area contributed by atoms with Crippen LogP contribution in [0.3, 0.4) is 0 Å². The second-order valence-corrected chi connectivity index (χ2v) is 6.11. The summed E-state index contributed by atoms with van der Waals surface area (Å²) in [6, 6.07) is 9.15. The molecule has 0 aliphatic carbocycles. The van der Waals surface area contributed by atoms with Crippen molar-refractivity contribution in [1.29, 1.82) is 0 Å². The SMILES string of the molecule is Cc1nnnn1-c1ccc(F)c(NC(=O)/C=C/c2ccc(Cl)c(Cl)c2)c1. The summed E-state index contributed by atoms with van der Waals surface area (Å²) in [5, 5.41) is 14.4. The number of anilines is 1. The Hall–Kier alpha value is -2.77. The number of aryl methyl sites for hydroxylation is 1. The van der Waals surface area contributed by atoms with Crippen molar-refractivity contribution in [1.82, 2.24) is 20.2 Å². The van der Waals surface area contributed by atoms with E-state index >= 15 is 0 Å². The van der Waals surface area contributed by atoms with E-state index in [9.17, 15) is 9.18 Å². The number of tetrazole rings is 1. The molecule has 0 saturated carbocycles. The normalized spacial score (nSPS) is 11.1. The number of nitrogens with zero attached hydrogens (tertiary/aromatic N) is 4. The summed E-state index contributed by atoms with van der Waals surface area (Å²) in [4.78, 5) is 12.1. The molecule has 0 aliphatic heterocycles. The average Bonchev–Trinajstić information content (AvgIpc) is 3.04. The van der Waals surface area contributed by atoms with Crippen LogP contribution in [0.2, 0.25) is 10.0 Å². The fourth-order valence-corrected chi connectivity index (χ4v) is 2.48. The molecule has 0 unspecified atom stereocenters. The molecule has 2 aromatic carbocycles. The van der Waals surface area contributed by atoms with Gasteiger partial charge in [-0.15, -0.1) is 5.10 Å². The summed E-state index contributed by atoms with van der Waals surface area (Å²) in [5.74, 6) is -0.537. The zero-order valence-corrected chi connectivity index (χ0v) is 15.0. The fraction of sp³-hybridized carbons (Fsp3) is 0.0588. The van der Waals surface area contributed by atoms with Gasteiger partial charge in [-0.2, -0.15) is 4.68 Å². The summed E-state index contributed by atoms with van der Waals surface area (Å²) in [6.07, 6.45) is 2.82. The largest absolute Gasteiger partial charge is 0.320 e. The first-order valence-corrected chi connectivity index (χ1v) is 8.18. The molecule has 3 rings (SSSR count).